The smallest absolute Gasteiger partial charge is 0.344 e. The molecule has 0 aliphatic heterocycles. The van der Waals surface area contributed by atoms with Gasteiger partial charge in [0.15, 0.2) is 6.61 Å². The highest BCUT2D eigenvalue weighted by Gasteiger charge is 2.16. The van der Waals surface area contributed by atoms with Crippen LogP contribution < -0.4 is 10.1 Å². The Bertz CT molecular complexity index is 706. The van der Waals surface area contributed by atoms with Crippen molar-refractivity contribution in [1.82, 2.24) is 4.98 Å². The molecule has 0 aliphatic carbocycles. The number of anilines is 1. The molecule has 1 amide bonds. The fourth-order valence-corrected chi connectivity index (χ4v) is 2.14. The summed E-state index contributed by atoms with van der Waals surface area (Å²) in [5, 5.41) is 2.65. The van der Waals surface area contributed by atoms with Gasteiger partial charge >= 0.3 is 5.97 Å². The van der Waals surface area contributed by atoms with E-state index in [0.717, 1.165) is 4.47 Å². The van der Waals surface area contributed by atoms with E-state index in [4.69, 9.17) is 9.47 Å². The molecular formula is C16H15BrN2O4. The first-order valence-electron chi connectivity index (χ1n) is 6.91. The number of amides is 1. The molecule has 0 aliphatic rings. The van der Waals surface area contributed by atoms with E-state index in [1.54, 1.807) is 31.2 Å². The summed E-state index contributed by atoms with van der Waals surface area (Å²) in [6.45, 7) is 1.76. The van der Waals surface area contributed by atoms with Gasteiger partial charge in [-0.25, -0.2) is 9.78 Å². The maximum absolute atomic E-state index is 12.0. The molecule has 0 spiro atoms. The summed E-state index contributed by atoms with van der Waals surface area (Å²) in [6.07, 6.45) is 1.52. The lowest BCUT2D eigenvalue weighted by molar-refractivity contribution is -0.119. The molecule has 23 heavy (non-hydrogen) atoms. The lowest BCUT2D eigenvalue weighted by atomic mass is 10.3. The normalized spacial score (nSPS) is 10.0. The van der Waals surface area contributed by atoms with E-state index in [-0.39, 0.29) is 11.4 Å². The van der Waals surface area contributed by atoms with Gasteiger partial charge in [-0.1, -0.05) is 12.1 Å². The average molecular weight is 379 g/mol. The van der Waals surface area contributed by atoms with Crippen LogP contribution >= 0.6 is 15.9 Å². The molecule has 7 heteroatoms. The van der Waals surface area contributed by atoms with Crippen LogP contribution in [0.3, 0.4) is 0 Å². The molecular weight excluding hydrogens is 364 g/mol. The Kier molecular flexibility index (Phi) is 6.10. The zero-order chi connectivity index (χ0) is 16.7. The van der Waals surface area contributed by atoms with Crippen LogP contribution in [0, 0.1) is 0 Å². The Hall–Kier alpha value is -2.41. The van der Waals surface area contributed by atoms with Crippen LogP contribution in [0.2, 0.25) is 0 Å². The second-order valence-corrected chi connectivity index (χ2v) is 5.25. The number of esters is 1. The largest absolute Gasteiger partial charge is 0.477 e. The molecule has 0 saturated carbocycles. The van der Waals surface area contributed by atoms with Gasteiger partial charge in [0.2, 0.25) is 5.88 Å². The van der Waals surface area contributed by atoms with Gasteiger partial charge in [-0.2, -0.15) is 0 Å². The minimum absolute atomic E-state index is 0.183. The monoisotopic (exact) mass is 378 g/mol. The van der Waals surface area contributed by atoms with E-state index in [0.29, 0.717) is 12.3 Å². The van der Waals surface area contributed by atoms with Gasteiger partial charge in [0.05, 0.1) is 12.3 Å². The van der Waals surface area contributed by atoms with E-state index in [1.165, 1.54) is 12.3 Å². The van der Waals surface area contributed by atoms with E-state index in [9.17, 15) is 9.59 Å². The number of benzene rings is 1. The van der Waals surface area contributed by atoms with Gasteiger partial charge < -0.3 is 14.8 Å². The van der Waals surface area contributed by atoms with Gasteiger partial charge in [0.1, 0.15) is 5.56 Å². The number of halogens is 1. The topological polar surface area (TPSA) is 77.5 Å². The molecule has 0 saturated heterocycles. The Morgan fingerprint density at radius 1 is 1.22 bits per heavy atom. The van der Waals surface area contributed by atoms with Crippen molar-refractivity contribution in [3.63, 3.8) is 0 Å². The first kappa shape index (κ1) is 17.0. The van der Waals surface area contributed by atoms with Gasteiger partial charge in [-0.3, -0.25) is 4.79 Å². The van der Waals surface area contributed by atoms with Crippen molar-refractivity contribution in [2.24, 2.45) is 0 Å². The Morgan fingerprint density at radius 2 is 2.00 bits per heavy atom. The van der Waals surface area contributed by atoms with E-state index in [2.05, 4.69) is 26.2 Å². The molecule has 0 unspecified atom stereocenters. The van der Waals surface area contributed by atoms with Gasteiger partial charge in [-0.05, 0) is 47.1 Å². The number of hydrogen-bond acceptors (Lipinski definition) is 5. The number of nitrogens with zero attached hydrogens (tertiary/aromatic N) is 1. The number of pyridine rings is 1. The van der Waals surface area contributed by atoms with E-state index < -0.39 is 18.5 Å². The van der Waals surface area contributed by atoms with Crippen LogP contribution in [-0.2, 0) is 9.53 Å². The highest BCUT2D eigenvalue weighted by Crippen LogP contribution is 2.21. The molecule has 1 N–H and O–H groups in total. The molecule has 0 fully saturated rings. The maximum Gasteiger partial charge on any atom is 0.344 e. The third kappa shape index (κ3) is 4.79. The van der Waals surface area contributed by atoms with Crippen molar-refractivity contribution in [3.05, 3.63) is 52.6 Å². The highest BCUT2D eigenvalue weighted by atomic mass is 79.9. The minimum Gasteiger partial charge on any atom is -0.477 e. The van der Waals surface area contributed by atoms with Crippen molar-refractivity contribution >= 4 is 33.5 Å². The average Bonchev–Trinajstić information content (AvgIpc) is 2.55. The number of rotatable bonds is 6. The van der Waals surface area contributed by atoms with Crippen LogP contribution in [0.15, 0.2) is 47.1 Å². The fourth-order valence-electron chi connectivity index (χ4n) is 1.76. The molecule has 1 aromatic carbocycles. The van der Waals surface area contributed by atoms with Crippen LogP contribution in [0.25, 0.3) is 0 Å². The van der Waals surface area contributed by atoms with Crippen molar-refractivity contribution in [3.8, 4) is 5.88 Å². The summed E-state index contributed by atoms with van der Waals surface area (Å²) in [6, 6.07) is 10.3. The Labute approximate surface area is 142 Å². The number of para-hydroxylation sites is 1. The Morgan fingerprint density at radius 3 is 2.74 bits per heavy atom. The first-order chi connectivity index (χ1) is 11.1. The molecule has 2 rings (SSSR count). The van der Waals surface area contributed by atoms with Crippen LogP contribution in [0.1, 0.15) is 17.3 Å². The van der Waals surface area contributed by atoms with Crippen molar-refractivity contribution in [1.29, 1.82) is 0 Å². The summed E-state index contributed by atoms with van der Waals surface area (Å²) in [5.74, 6) is -0.915. The summed E-state index contributed by atoms with van der Waals surface area (Å²) in [5.41, 5.74) is 0.785. The second kappa shape index (κ2) is 8.28. The lowest BCUT2D eigenvalue weighted by Crippen LogP contribution is -2.21. The Balaban J connectivity index is 1.94. The zero-order valence-electron chi connectivity index (χ0n) is 12.4. The predicted octanol–water partition coefficient (Wildman–Crippen LogP) is 3.04. The number of hydrogen-bond donors (Lipinski definition) is 1. The third-order valence-corrected chi connectivity index (χ3v) is 3.45. The maximum atomic E-state index is 12.0. The SMILES string of the molecule is CCOc1ncccc1C(=O)OCC(=O)Nc1ccccc1Br. The number of carbonyl (C=O) groups excluding carboxylic acids is 2. The number of aromatic nitrogens is 1. The number of nitrogens with one attached hydrogen (secondary N) is 1. The van der Waals surface area contributed by atoms with Crippen molar-refractivity contribution in [2.45, 2.75) is 6.92 Å². The van der Waals surface area contributed by atoms with E-state index in [1.807, 2.05) is 6.07 Å². The molecule has 0 bridgehead atoms. The molecule has 0 radical (unpaired) electrons. The fraction of sp³-hybridized carbons (Fsp3) is 0.188. The summed E-state index contributed by atoms with van der Waals surface area (Å²) >= 11 is 3.32. The summed E-state index contributed by atoms with van der Waals surface area (Å²) in [7, 11) is 0. The van der Waals surface area contributed by atoms with Crippen LogP contribution in [0.5, 0.6) is 5.88 Å². The third-order valence-electron chi connectivity index (χ3n) is 2.75. The highest BCUT2D eigenvalue weighted by molar-refractivity contribution is 9.10. The minimum atomic E-state index is -0.663. The molecule has 0 atom stereocenters. The van der Waals surface area contributed by atoms with Crippen LogP contribution in [-0.4, -0.2) is 30.1 Å². The number of carbonyl (C=O) groups is 2. The standard InChI is InChI=1S/C16H15BrN2O4/c1-2-22-15-11(6-5-9-18-15)16(21)23-10-14(20)19-13-8-4-3-7-12(13)17/h3-9H,2,10H2,1H3,(H,19,20). The van der Waals surface area contributed by atoms with Gasteiger partial charge in [0.25, 0.3) is 5.91 Å². The molecule has 6 nitrogen and oxygen atoms in total. The molecule has 120 valence electrons. The first-order valence-corrected chi connectivity index (χ1v) is 7.70. The second-order valence-electron chi connectivity index (χ2n) is 4.39. The van der Waals surface area contributed by atoms with Gasteiger partial charge in [-0.15, -0.1) is 0 Å². The quantitative estimate of drug-likeness (QED) is 0.781. The predicted molar refractivity (Wildman–Crippen MR) is 88.5 cm³/mol. The van der Waals surface area contributed by atoms with Gasteiger partial charge in [0, 0.05) is 10.7 Å². The number of ether oxygens (including phenoxy) is 2. The molecule has 2 aromatic rings. The lowest BCUT2D eigenvalue weighted by Gasteiger charge is -2.10. The van der Waals surface area contributed by atoms with Crippen molar-refractivity contribution in [2.75, 3.05) is 18.5 Å². The molecule has 1 aromatic heterocycles. The molecule has 1 heterocycles. The zero-order valence-corrected chi connectivity index (χ0v) is 14.0. The van der Waals surface area contributed by atoms with Crippen LogP contribution in [0.4, 0.5) is 5.69 Å². The van der Waals surface area contributed by atoms with E-state index >= 15 is 0 Å². The van der Waals surface area contributed by atoms with Crippen molar-refractivity contribution < 1.29 is 19.1 Å². The summed E-state index contributed by atoms with van der Waals surface area (Å²) < 4.78 is 11.0. The summed E-state index contributed by atoms with van der Waals surface area (Å²) in [4.78, 5) is 27.9.